The molecule has 1 saturated carbocycles. The summed E-state index contributed by atoms with van der Waals surface area (Å²) < 4.78 is 0. The Morgan fingerprint density at radius 3 is 2.12 bits per heavy atom. The maximum Gasteiger partial charge on any atom is 0.0569 e. The molecule has 1 saturated heterocycles. The van der Waals surface area contributed by atoms with E-state index in [4.69, 9.17) is 0 Å². The first kappa shape index (κ1) is 12.4. The van der Waals surface area contributed by atoms with Crippen LogP contribution in [0.4, 0.5) is 0 Å². The third-order valence-electron chi connectivity index (χ3n) is 4.55. The van der Waals surface area contributed by atoms with Gasteiger partial charge in [-0.1, -0.05) is 19.3 Å². The minimum Gasteiger partial charge on any atom is -0.393 e. The fraction of sp³-hybridized carbons (Fsp3) is 1.00. The molecule has 1 aliphatic heterocycles. The summed E-state index contributed by atoms with van der Waals surface area (Å²) in [4.78, 5) is 2.64. The highest BCUT2D eigenvalue weighted by molar-refractivity contribution is 4.86. The van der Waals surface area contributed by atoms with E-state index in [9.17, 15) is 5.11 Å². The van der Waals surface area contributed by atoms with Crippen LogP contribution < -0.4 is 0 Å². The Balaban J connectivity index is 1.86. The zero-order chi connectivity index (χ0) is 11.5. The fourth-order valence-corrected chi connectivity index (χ4v) is 3.62. The lowest BCUT2D eigenvalue weighted by Crippen LogP contribution is -2.50. The Hall–Kier alpha value is -0.0800. The van der Waals surface area contributed by atoms with Crippen LogP contribution in [0.2, 0.25) is 0 Å². The van der Waals surface area contributed by atoms with Gasteiger partial charge in [0.05, 0.1) is 6.10 Å². The Labute approximate surface area is 100 Å². The molecule has 0 spiro atoms. The quantitative estimate of drug-likeness (QED) is 0.781. The fourth-order valence-electron chi connectivity index (χ4n) is 3.62. The van der Waals surface area contributed by atoms with E-state index in [0.29, 0.717) is 12.1 Å². The third kappa shape index (κ3) is 2.98. The van der Waals surface area contributed by atoms with Gasteiger partial charge in [-0.3, -0.25) is 4.90 Å². The zero-order valence-electron chi connectivity index (χ0n) is 10.9. The zero-order valence-corrected chi connectivity index (χ0v) is 10.9. The molecule has 2 atom stereocenters. The first-order chi connectivity index (χ1) is 7.66. The van der Waals surface area contributed by atoms with Crippen molar-refractivity contribution in [2.75, 3.05) is 6.54 Å². The number of piperidine rings is 1. The Kier molecular flexibility index (Phi) is 4.26. The van der Waals surface area contributed by atoms with Crippen molar-refractivity contribution in [1.29, 1.82) is 0 Å². The lowest BCUT2D eigenvalue weighted by atomic mass is 9.86. The van der Waals surface area contributed by atoms with Crippen LogP contribution in [0.15, 0.2) is 0 Å². The highest BCUT2D eigenvalue weighted by atomic mass is 16.3. The van der Waals surface area contributed by atoms with Gasteiger partial charge < -0.3 is 5.11 Å². The smallest absolute Gasteiger partial charge is 0.0569 e. The lowest BCUT2D eigenvalue weighted by Gasteiger charge is -2.43. The average molecular weight is 225 g/mol. The first-order valence-electron chi connectivity index (χ1n) is 7.10. The van der Waals surface area contributed by atoms with E-state index < -0.39 is 0 Å². The predicted molar refractivity (Wildman–Crippen MR) is 67.4 cm³/mol. The second kappa shape index (κ2) is 5.50. The van der Waals surface area contributed by atoms with Crippen LogP contribution in [0.25, 0.3) is 0 Å². The van der Waals surface area contributed by atoms with Gasteiger partial charge in [-0.05, 0) is 45.4 Å². The molecule has 0 aromatic heterocycles. The molecular weight excluding hydrogens is 198 g/mol. The van der Waals surface area contributed by atoms with Crippen LogP contribution in [0.3, 0.4) is 0 Å². The summed E-state index contributed by atoms with van der Waals surface area (Å²) in [5.41, 5.74) is 0. The van der Waals surface area contributed by atoms with Crippen LogP contribution in [-0.4, -0.2) is 34.7 Å². The molecular formula is C14H27NO. The van der Waals surface area contributed by atoms with E-state index in [1.54, 1.807) is 0 Å². The van der Waals surface area contributed by atoms with Crippen molar-refractivity contribution in [3.05, 3.63) is 0 Å². The second-order valence-corrected chi connectivity index (χ2v) is 6.02. The molecule has 2 nitrogen and oxygen atoms in total. The number of likely N-dealkylation sites (tertiary alicyclic amines) is 1. The topological polar surface area (TPSA) is 23.5 Å². The molecule has 0 aromatic carbocycles. The molecule has 2 fully saturated rings. The van der Waals surface area contributed by atoms with Gasteiger partial charge in [0, 0.05) is 18.6 Å². The van der Waals surface area contributed by atoms with Gasteiger partial charge in [-0.2, -0.15) is 0 Å². The minimum absolute atomic E-state index is 0.0624. The standard InChI is InChI=1S/C14H27NO/c1-11-8-14(16)9-12(2)15(11)10-13-6-4-3-5-7-13/h11-14,16H,3-10H2,1-2H3. The van der Waals surface area contributed by atoms with Gasteiger partial charge in [0.15, 0.2) is 0 Å². The number of hydrogen-bond acceptors (Lipinski definition) is 2. The number of rotatable bonds is 2. The van der Waals surface area contributed by atoms with Gasteiger partial charge in [0.25, 0.3) is 0 Å². The first-order valence-corrected chi connectivity index (χ1v) is 7.10. The van der Waals surface area contributed by atoms with E-state index in [2.05, 4.69) is 18.7 Å². The monoisotopic (exact) mass is 225 g/mol. The van der Waals surface area contributed by atoms with Crippen molar-refractivity contribution < 1.29 is 5.11 Å². The van der Waals surface area contributed by atoms with Crippen molar-refractivity contribution in [3.63, 3.8) is 0 Å². The molecule has 1 heterocycles. The van der Waals surface area contributed by atoms with Gasteiger partial charge in [0.2, 0.25) is 0 Å². The van der Waals surface area contributed by atoms with Crippen molar-refractivity contribution in [2.45, 2.75) is 77.0 Å². The summed E-state index contributed by atoms with van der Waals surface area (Å²) in [7, 11) is 0. The molecule has 2 unspecified atom stereocenters. The van der Waals surface area contributed by atoms with Crippen LogP contribution in [0.5, 0.6) is 0 Å². The van der Waals surface area contributed by atoms with E-state index in [0.717, 1.165) is 18.8 Å². The summed E-state index contributed by atoms with van der Waals surface area (Å²) in [5, 5.41) is 9.75. The molecule has 2 rings (SSSR count). The summed E-state index contributed by atoms with van der Waals surface area (Å²) in [6, 6.07) is 1.14. The van der Waals surface area contributed by atoms with Crippen LogP contribution >= 0.6 is 0 Å². The van der Waals surface area contributed by atoms with Gasteiger partial charge in [0.1, 0.15) is 0 Å². The van der Waals surface area contributed by atoms with Gasteiger partial charge in [-0.15, -0.1) is 0 Å². The Morgan fingerprint density at radius 2 is 1.56 bits per heavy atom. The molecule has 0 amide bonds. The molecule has 1 aliphatic carbocycles. The lowest BCUT2D eigenvalue weighted by molar-refractivity contribution is 0.00196. The third-order valence-corrected chi connectivity index (χ3v) is 4.55. The summed E-state index contributed by atoms with van der Waals surface area (Å²) in [5.74, 6) is 0.925. The molecule has 2 aliphatic rings. The molecule has 94 valence electrons. The minimum atomic E-state index is -0.0624. The number of nitrogens with zero attached hydrogens (tertiary/aromatic N) is 1. The van der Waals surface area contributed by atoms with Crippen molar-refractivity contribution >= 4 is 0 Å². The maximum absolute atomic E-state index is 9.75. The van der Waals surface area contributed by atoms with Crippen molar-refractivity contribution in [3.8, 4) is 0 Å². The molecule has 0 bridgehead atoms. The molecule has 0 radical (unpaired) electrons. The maximum atomic E-state index is 9.75. The number of aliphatic hydroxyl groups excluding tert-OH is 1. The normalized spacial score (nSPS) is 38.8. The van der Waals surface area contributed by atoms with Crippen LogP contribution in [0, 0.1) is 5.92 Å². The highest BCUT2D eigenvalue weighted by Gasteiger charge is 2.31. The number of hydrogen-bond donors (Lipinski definition) is 1. The predicted octanol–water partition coefficient (Wildman–Crippen LogP) is 2.80. The largest absolute Gasteiger partial charge is 0.393 e. The average Bonchev–Trinajstić information content (AvgIpc) is 2.25. The summed E-state index contributed by atoms with van der Waals surface area (Å²) >= 11 is 0. The Bertz CT molecular complexity index is 201. The van der Waals surface area contributed by atoms with E-state index >= 15 is 0 Å². The van der Waals surface area contributed by atoms with E-state index in [1.807, 2.05) is 0 Å². The highest BCUT2D eigenvalue weighted by Crippen LogP contribution is 2.29. The van der Waals surface area contributed by atoms with Crippen LogP contribution in [-0.2, 0) is 0 Å². The summed E-state index contributed by atoms with van der Waals surface area (Å²) in [6.45, 7) is 5.83. The SMILES string of the molecule is CC1CC(O)CC(C)N1CC1CCCCC1. The van der Waals surface area contributed by atoms with Crippen molar-refractivity contribution in [2.24, 2.45) is 5.92 Å². The van der Waals surface area contributed by atoms with E-state index in [-0.39, 0.29) is 6.10 Å². The number of aliphatic hydroxyl groups is 1. The molecule has 16 heavy (non-hydrogen) atoms. The summed E-state index contributed by atoms with van der Waals surface area (Å²) in [6.07, 6.45) is 9.05. The second-order valence-electron chi connectivity index (χ2n) is 6.02. The molecule has 2 heteroatoms. The van der Waals surface area contributed by atoms with Crippen LogP contribution in [0.1, 0.15) is 58.8 Å². The van der Waals surface area contributed by atoms with Crippen molar-refractivity contribution in [1.82, 2.24) is 4.90 Å². The molecule has 1 N–H and O–H groups in total. The molecule has 0 aromatic rings. The van der Waals surface area contributed by atoms with E-state index in [1.165, 1.54) is 38.6 Å². The Morgan fingerprint density at radius 1 is 1.00 bits per heavy atom. The van der Waals surface area contributed by atoms with Gasteiger partial charge >= 0.3 is 0 Å². The van der Waals surface area contributed by atoms with Gasteiger partial charge in [-0.25, -0.2) is 0 Å².